The second-order valence-corrected chi connectivity index (χ2v) is 7.36. The van der Waals surface area contributed by atoms with Crippen molar-refractivity contribution >= 4 is 0 Å². The number of hydrogen-bond donors (Lipinski definition) is 1. The van der Waals surface area contributed by atoms with E-state index in [1.165, 1.54) is 32.4 Å². The van der Waals surface area contributed by atoms with Gasteiger partial charge in [0.1, 0.15) is 0 Å². The smallest absolute Gasteiger partial charge is 0.0695 e. The van der Waals surface area contributed by atoms with Crippen LogP contribution in [-0.4, -0.2) is 35.2 Å². The average Bonchev–Trinajstić information content (AvgIpc) is 2.56. The van der Waals surface area contributed by atoms with Crippen LogP contribution in [0.25, 0.3) is 0 Å². The van der Waals surface area contributed by atoms with Crippen molar-refractivity contribution in [1.82, 2.24) is 4.90 Å². The van der Waals surface area contributed by atoms with Gasteiger partial charge >= 0.3 is 0 Å². The molecule has 3 atom stereocenters. The van der Waals surface area contributed by atoms with Crippen LogP contribution in [0.2, 0.25) is 0 Å². The molecule has 19 heavy (non-hydrogen) atoms. The number of hydrogen-bond acceptors (Lipinski definition) is 2. The molecule has 0 aromatic carbocycles. The van der Waals surface area contributed by atoms with Gasteiger partial charge in [0.15, 0.2) is 0 Å². The molecule has 0 radical (unpaired) electrons. The van der Waals surface area contributed by atoms with Crippen LogP contribution < -0.4 is 0 Å². The molecular weight excluding hydrogens is 234 g/mol. The van der Waals surface area contributed by atoms with E-state index in [1.807, 2.05) is 0 Å². The molecule has 0 amide bonds. The molecule has 0 aromatic rings. The van der Waals surface area contributed by atoms with Crippen LogP contribution in [0.5, 0.6) is 0 Å². The lowest BCUT2D eigenvalue weighted by atomic mass is 9.77. The summed E-state index contributed by atoms with van der Waals surface area (Å²) in [4.78, 5) is 2.56. The Labute approximate surface area is 120 Å². The summed E-state index contributed by atoms with van der Waals surface area (Å²) in [5.74, 6) is 0.832. The van der Waals surface area contributed by atoms with Gasteiger partial charge in [0.2, 0.25) is 0 Å². The SMILES string of the molecule is CCCC(O)C(CC)N1CCCC(C(C)(C)C)CC1. The summed E-state index contributed by atoms with van der Waals surface area (Å²) in [6.07, 6.45) is 6.88. The summed E-state index contributed by atoms with van der Waals surface area (Å²) < 4.78 is 0. The highest BCUT2D eigenvalue weighted by Gasteiger charge is 2.30. The van der Waals surface area contributed by atoms with Gasteiger partial charge < -0.3 is 5.11 Å². The Hall–Kier alpha value is -0.0800. The van der Waals surface area contributed by atoms with Gasteiger partial charge in [0.25, 0.3) is 0 Å². The molecule has 1 aliphatic heterocycles. The van der Waals surface area contributed by atoms with E-state index in [9.17, 15) is 5.11 Å². The molecule has 1 rings (SSSR count). The third-order valence-corrected chi connectivity index (χ3v) is 4.90. The average molecular weight is 269 g/mol. The summed E-state index contributed by atoms with van der Waals surface area (Å²) in [6.45, 7) is 13.8. The van der Waals surface area contributed by atoms with E-state index in [-0.39, 0.29) is 6.10 Å². The highest BCUT2D eigenvalue weighted by Crippen LogP contribution is 2.35. The molecule has 0 spiro atoms. The molecular formula is C17H35NO. The Morgan fingerprint density at radius 3 is 2.37 bits per heavy atom. The molecule has 0 saturated carbocycles. The Balaban J connectivity index is 2.59. The summed E-state index contributed by atoms with van der Waals surface area (Å²) in [6, 6.07) is 0.374. The maximum absolute atomic E-state index is 10.3. The second-order valence-electron chi connectivity index (χ2n) is 7.36. The van der Waals surface area contributed by atoms with Crippen LogP contribution in [0.4, 0.5) is 0 Å². The van der Waals surface area contributed by atoms with Crippen molar-refractivity contribution in [2.45, 2.75) is 85.3 Å². The minimum absolute atomic E-state index is 0.138. The van der Waals surface area contributed by atoms with Gasteiger partial charge in [-0.2, -0.15) is 0 Å². The number of rotatable bonds is 5. The predicted octanol–water partition coefficient (Wildman–Crippen LogP) is 4.07. The van der Waals surface area contributed by atoms with Crippen molar-refractivity contribution in [3.63, 3.8) is 0 Å². The molecule has 1 N–H and O–H groups in total. The largest absolute Gasteiger partial charge is 0.391 e. The van der Waals surface area contributed by atoms with Crippen molar-refractivity contribution in [3.8, 4) is 0 Å². The van der Waals surface area contributed by atoms with E-state index in [0.29, 0.717) is 11.5 Å². The van der Waals surface area contributed by atoms with E-state index < -0.39 is 0 Å². The fraction of sp³-hybridized carbons (Fsp3) is 1.00. The van der Waals surface area contributed by atoms with Crippen LogP contribution in [0.1, 0.15) is 73.1 Å². The third-order valence-electron chi connectivity index (χ3n) is 4.90. The Bertz CT molecular complexity index is 246. The van der Waals surface area contributed by atoms with E-state index >= 15 is 0 Å². The molecule has 3 unspecified atom stereocenters. The zero-order chi connectivity index (χ0) is 14.5. The van der Waals surface area contributed by atoms with Crippen LogP contribution >= 0.6 is 0 Å². The van der Waals surface area contributed by atoms with E-state index in [0.717, 1.165) is 25.2 Å². The van der Waals surface area contributed by atoms with Gasteiger partial charge in [0.05, 0.1) is 6.10 Å². The van der Waals surface area contributed by atoms with Gasteiger partial charge in [-0.05, 0) is 56.5 Å². The number of aliphatic hydroxyl groups is 1. The Morgan fingerprint density at radius 1 is 1.16 bits per heavy atom. The van der Waals surface area contributed by atoms with E-state index in [1.54, 1.807) is 0 Å². The number of nitrogens with zero attached hydrogens (tertiary/aromatic N) is 1. The van der Waals surface area contributed by atoms with Gasteiger partial charge in [-0.3, -0.25) is 4.90 Å². The fourth-order valence-electron chi connectivity index (χ4n) is 3.58. The third kappa shape index (κ3) is 5.07. The lowest BCUT2D eigenvalue weighted by Gasteiger charge is -2.34. The highest BCUT2D eigenvalue weighted by atomic mass is 16.3. The van der Waals surface area contributed by atoms with Crippen LogP contribution in [0, 0.1) is 11.3 Å². The normalized spacial score (nSPS) is 25.9. The summed E-state index contributed by atoms with van der Waals surface area (Å²) in [7, 11) is 0. The lowest BCUT2D eigenvalue weighted by molar-refractivity contribution is 0.0407. The van der Waals surface area contributed by atoms with Crippen molar-refractivity contribution in [3.05, 3.63) is 0 Å². The lowest BCUT2D eigenvalue weighted by Crippen LogP contribution is -2.44. The van der Waals surface area contributed by atoms with E-state index in [4.69, 9.17) is 0 Å². The van der Waals surface area contributed by atoms with E-state index in [2.05, 4.69) is 39.5 Å². The standard InChI is InChI=1S/C17H35NO/c1-6-9-16(19)15(7-2)18-12-8-10-14(11-13-18)17(3,4)5/h14-16,19H,6-13H2,1-5H3. The quantitative estimate of drug-likeness (QED) is 0.813. The molecule has 2 heteroatoms. The number of aliphatic hydroxyl groups excluding tert-OH is 1. The Kier molecular flexibility index (Phi) is 6.82. The minimum Gasteiger partial charge on any atom is -0.391 e. The first-order valence-corrected chi connectivity index (χ1v) is 8.32. The summed E-state index contributed by atoms with van der Waals surface area (Å²) in [5.41, 5.74) is 0.430. The molecule has 1 aliphatic rings. The van der Waals surface area contributed by atoms with Crippen molar-refractivity contribution in [2.24, 2.45) is 11.3 Å². The predicted molar refractivity (Wildman–Crippen MR) is 83.4 cm³/mol. The van der Waals surface area contributed by atoms with Crippen LogP contribution in [0.3, 0.4) is 0 Å². The van der Waals surface area contributed by atoms with Crippen molar-refractivity contribution < 1.29 is 5.11 Å². The zero-order valence-electron chi connectivity index (χ0n) is 13.8. The molecule has 0 aromatic heterocycles. The van der Waals surface area contributed by atoms with Gasteiger partial charge in [-0.1, -0.05) is 41.0 Å². The monoisotopic (exact) mass is 269 g/mol. The van der Waals surface area contributed by atoms with Crippen molar-refractivity contribution in [2.75, 3.05) is 13.1 Å². The molecule has 0 bridgehead atoms. The summed E-state index contributed by atoms with van der Waals surface area (Å²) in [5, 5.41) is 10.3. The molecule has 0 aliphatic carbocycles. The fourth-order valence-corrected chi connectivity index (χ4v) is 3.58. The molecule has 1 heterocycles. The highest BCUT2D eigenvalue weighted by molar-refractivity contribution is 4.84. The molecule has 1 fully saturated rings. The molecule has 2 nitrogen and oxygen atoms in total. The maximum Gasteiger partial charge on any atom is 0.0695 e. The summed E-state index contributed by atoms with van der Waals surface area (Å²) >= 11 is 0. The van der Waals surface area contributed by atoms with Gasteiger partial charge in [-0.15, -0.1) is 0 Å². The zero-order valence-corrected chi connectivity index (χ0v) is 13.8. The van der Waals surface area contributed by atoms with Gasteiger partial charge in [-0.25, -0.2) is 0 Å². The van der Waals surface area contributed by atoms with Gasteiger partial charge in [0, 0.05) is 6.04 Å². The van der Waals surface area contributed by atoms with Crippen LogP contribution in [-0.2, 0) is 0 Å². The maximum atomic E-state index is 10.3. The first-order valence-electron chi connectivity index (χ1n) is 8.32. The first-order chi connectivity index (χ1) is 8.90. The molecule has 1 saturated heterocycles. The Morgan fingerprint density at radius 2 is 1.84 bits per heavy atom. The topological polar surface area (TPSA) is 23.5 Å². The van der Waals surface area contributed by atoms with Crippen LogP contribution in [0.15, 0.2) is 0 Å². The minimum atomic E-state index is -0.138. The molecule has 114 valence electrons. The number of likely N-dealkylation sites (tertiary alicyclic amines) is 1. The second kappa shape index (κ2) is 7.64. The van der Waals surface area contributed by atoms with Crippen molar-refractivity contribution in [1.29, 1.82) is 0 Å². The first kappa shape index (κ1) is 17.0.